The molecule has 0 radical (unpaired) electrons. The van der Waals surface area contributed by atoms with E-state index >= 15 is 0 Å². The summed E-state index contributed by atoms with van der Waals surface area (Å²) in [6, 6.07) is 153. The number of hydrogen-bond donors (Lipinski definition) is 0. The van der Waals surface area contributed by atoms with Crippen LogP contribution in [0.15, 0.2) is 413 Å². The molecule has 17 aromatic rings. The Morgan fingerprint density at radius 1 is 0.214 bits per heavy atom. The second-order valence-electron chi connectivity index (χ2n) is 30.1. The average molecular weight is 1430 g/mol. The first kappa shape index (κ1) is 63.7. The van der Waals surface area contributed by atoms with Crippen molar-refractivity contribution in [3.05, 3.63) is 457 Å². The van der Waals surface area contributed by atoms with Crippen molar-refractivity contribution in [1.29, 1.82) is 0 Å². The molecule has 0 unspecified atom stereocenters. The number of nitrogens with zero attached hydrogens (tertiary/aromatic N) is 4. The van der Waals surface area contributed by atoms with Crippen molar-refractivity contribution in [3.63, 3.8) is 0 Å². The summed E-state index contributed by atoms with van der Waals surface area (Å²) in [5.74, 6) is 3.28. The van der Waals surface area contributed by atoms with Gasteiger partial charge in [-0.05, 0) is 203 Å². The third-order valence-electron chi connectivity index (χ3n) is 24.4. The van der Waals surface area contributed by atoms with Crippen molar-refractivity contribution in [2.24, 2.45) is 0 Å². The van der Waals surface area contributed by atoms with E-state index in [-0.39, 0.29) is 13.4 Å². The largest absolute Gasteiger partial charge is 0.458 e. The minimum Gasteiger partial charge on any atom is -0.458 e. The number of fused-ring (bicyclic) bond motifs is 14. The number of ether oxygens (including phenoxy) is 2. The molecule has 0 N–H and O–H groups in total. The molecule has 6 aliphatic rings. The molecule has 0 bridgehead atoms. The highest BCUT2D eigenvalue weighted by atomic mass is 16.5. The van der Waals surface area contributed by atoms with Crippen LogP contribution in [0.4, 0.5) is 68.2 Å². The Balaban J connectivity index is 0.844. The lowest BCUT2D eigenvalue weighted by Gasteiger charge is -2.45. The Hall–Kier alpha value is -14.3. The number of benzene rings is 17. The van der Waals surface area contributed by atoms with Gasteiger partial charge in [-0.25, -0.2) is 0 Å². The van der Waals surface area contributed by atoms with Crippen LogP contribution in [0.3, 0.4) is 0 Å². The zero-order valence-electron chi connectivity index (χ0n) is 61.0. The Morgan fingerprint density at radius 3 is 0.875 bits per heavy atom. The van der Waals surface area contributed by atoms with Gasteiger partial charge in [-0.15, -0.1) is 0 Å². The summed E-state index contributed by atoms with van der Waals surface area (Å²) in [5, 5.41) is 0. The van der Waals surface area contributed by atoms with E-state index in [2.05, 4.69) is 432 Å². The smallest absolute Gasteiger partial charge is 0.256 e. The fourth-order valence-electron chi connectivity index (χ4n) is 20.0. The van der Waals surface area contributed by atoms with Gasteiger partial charge in [0.1, 0.15) is 23.0 Å². The summed E-state index contributed by atoms with van der Waals surface area (Å²) in [4.78, 5) is 9.95. The third-order valence-corrected chi connectivity index (χ3v) is 24.4. The molecule has 2 aliphatic carbocycles. The maximum atomic E-state index is 7.52. The summed E-state index contributed by atoms with van der Waals surface area (Å²) in [6.45, 7) is -0.557. The summed E-state index contributed by atoms with van der Waals surface area (Å²) in [5.41, 5.74) is 32.4. The summed E-state index contributed by atoms with van der Waals surface area (Å²) >= 11 is 0. The third kappa shape index (κ3) is 9.30. The van der Waals surface area contributed by atoms with Crippen LogP contribution < -0.4 is 61.9 Å². The lowest BCUT2D eigenvalue weighted by molar-refractivity contribution is 0.487. The highest BCUT2D eigenvalue weighted by Crippen LogP contribution is 2.61. The first-order valence-electron chi connectivity index (χ1n) is 38.8. The molecule has 6 nitrogen and oxygen atoms in total. The fourth-order valence-corrected chi connectivity index (χ4v) is 20.0. The molecule has 112 heavy (non-hydrogen) atoms. The fraction of sp³-hybridized carbons (Fsp3) is 0.0192. The lowest BCUT2D eigenvalue weighted by Crippen LogP contribution is -2.63. The van der Waals surface area contributed by atoms with Crippen LogP contribution in [0.5, 0.6) is 23.0 Å². The van der Waals surface area contributed by atoms with Gasteiger partial charge >= 0.3 is 0 Å². The Morgan fingerprint density at radius 2 is 0.518 bits per heavy atom. The van der Waals surface area contributed by atoms with E-state index in [9.17, 15) is 0 Å². The number of para-hydroxylation sites is 6. The molecule has 0 saturated heterocycles. The van der Waals surface area contributed by atoms with E-state index in [0.717, 1.165) is 113 Å². The predicted octanol–water partition coefficient (Wildman–Crippen LogP) is 22.2. The second kappa shape index (κ2) is 25.1. The molecule has 17 aromatic carbocycles. The Kier molecular flexibility index (Phi) is 14.3. The van der Waals surface area contributed by atoms with Crippen molar-refractivity contribution in [2.75, 3.05) is 19.6 Å². The van der Waals surface area contributed by atoms with E-state index in [4.69, 9.17) is 9.47 Å². The molecule has 23 rings (SSSR count). The molecule has 0 aromatic heterocycles. The van der Waals surface area contributed by atoms with Crippen molar-refractivity contribution < 1.29 is 9.47 Å². The van der Waals surface area contributed by atoms with E-state index in [1.165, 1.54) is 77.7 Å². The van der Waals surface area contributed by atoms with Gasteiger partial charge in [0.05, 0.1) is 22.2 Å². The SMILES string of the molecule is c1ccc(N(c2ccccc2)c2cc3c4c(c2)N(c2ccc5c(c2)-c2ccccc2C5(c2ccccc2)c2ccccc2)c2cc5c(cc2B4c2ccccc2O3)B2c3ccccc3Oc3cc(N(c4ccccc4)c4ccccc4)cc(c32)N5c2ccc3c(c2)-c2ccccc2C3(c2ccccc2)c2ccccc2)cc1. The topological polar surface area (TPSA) is 31.4 Å². The average Bonchev–Trinajstić information content (AvgIpc) is 1.68. The number of rotatable bonds is 12. The molecule has 4 aliphatic heterocycles. The van der Waals surface area contributed by atoms with Crippen molar-refractivity contribution >= 4 is 114 Å². The quantitative estimate of drug-likeness (QED) is 0.113. The zero-order valence-corrected chi connectivity index (χ0v) is 61.0. The molecule has 0 amide bonds. The minimum absolute atomic E-state index is 0.279. The zero-order chi connectivity index (χ0) is 73.6. The van der Waals surface area contributed by atoms with Gasteiger partial charge < -0.3 is 29.1 Å². The highest BCUT2D eigenvalue weighted by Gasteiger charge is 2.52. The molecule has 0 fully saturated rings. The molecule has 0 saturated carbocycles. The standard InChI is InChI=1S/C104H68B2N4O2/c1-9-33-69(34-10-1)103(70-35-11-2-12-36-70)85-51-27-25-49-81(85)83-61-77(57-59-87(83)103)109-93-68-94-92(67-91(93)105-89-53-29-31-55-97(89)111-99-65-79(63-95(109)101(99)105)107(73-41-17-5-18-42-73)74-43-19-6-20-44-74)106-90-54-30-32-56-98(90)112-100-66-80(108(75-45-21-7-22-46-75)76-47-23-8-24-48-76)64-96(102(100)106)110(94)78-58-60-88-84(62-78)82-50-26-28-52-86(82)104(88,71-37-13-3-14-38-71)72-39-15-4-16-40-72/h1-68H. The van der Waals surface area contributed by atoms with Crippen molar-refractivity contribution in [3.8, 4) is 45.3 Å². The van der Waals surface area contributed by atoms with Crippen LogP contribution in [-0.4, -0.2) is 13.4 Å². The minimum atomic E-state index is -0.625. The molecule has 0 atom stereocenters. The summed E-state index contributed by atoms with van der Waals surface area (Å²) < 4.78 is 15.0. The molecule has 8 heteroatoms. The first-order chi connectivity index (χ1) is 55.6. The summed E-state index contributed by atoms with van der Waals surface area (Å²) in [7, 11) is 0. The molecule has 0 spiro atoms. The van der Waals surface area contributed by atoms with E-state index in [1.54, 1.807) is 0 Å². The van der Waals surface area contributed by atoms with Gasteiger partial charge in [0.2, 0.25) is 0 Å². The van der Waals surface area contributed by atoms with Gasteiger partial charge in [0.25, 0.3) is 13.4 Å². The van der Waals surface area contributed by atoms with Crippen LogP contribution in [0.1, 0.15) is 44.5 Å². The highest BCUT2D eigenvalue weighted by molar-refractivity contribution is 7.02. The molecule has 522 valence electrons. The number of hydrogen-bond acceptors (Lipinski definition) is 6. The van der Waals surface area contributed by atoms with Gasteiger partial charge in [-0.1, -0.05) is 297 Å². The molecule has 4 heterocycles. The second-order valence-corrected chi connectivity index (χ2v) is 30.1. The van der Waals surface area contributed by atoms with E-state index < -0.39 is 10.8 Å². The van der Waals surface area contributed by atoms with E-state index in [1.807, 2.05) is 0 Å². The van der Waals surface area contributed by atoms with Gasteiger partial charge in [-0.3, -0.25) is 0 Å². The maximum Gasteiger partial charge on any atom is 0.256 e. The van der Waals surface area contributed by atoms with Crippen molar-refractivity contribution in [1.82, 2.24) is 0 Å². The van der Waals surface area contributed by atoms with Gasteiger partial charge in [0.15, 0.2) is 0 Å². The number of anilines is 12. The maximum absolute atomic E-state index is 7.52. The normalized spacial score (nSPS) is 13.9. The van der Waals surface area contributed by atoms with Gasteiger partial charge in [-0.2, -0.15) is 0 Å². The monoisotopic (exact) mass is 1430 g/mol. The molecular weight excluding hydrogens is 1360 g/mol. The van der Waals surface area contributed by atoms with Gasteiger partial charge in [0, 0.05) is 69.0 Å². The summed E-state index contributed by atoms with van der Waals surface area (Å²) in [6.07, 6.45) is 0. The predicted molar refractivity (Wildman–Crippen MR) is 462 cm³/mol. The Labute approximate surface area is 652 Å². The van der Waals surface area contributed by atoms with Crippen molar-refractivity contribution in [2.45, 2.75) is 10.8 Å². The van der Waals surface area contributed by atoms with Crippen LogP contribution in [-0.2, 0) is 10.8 Å². The van der Waals surface area contributed by atoms with Crippen LogP contribution in [0.25, 0.3) is 22.3 Å². The van der Waals surface area contributed by atoms with E-state index in [0.29, 0.717) is 0 Å². The first-order valence-corrected chi connectivity index (χ1v) is 38.8. The Bertz CT molecular complexity index is 6060. The lowest BCUT2D eigenvalue weighted by atomic mass is 9.31. The van der Waals surface area contributed by atoms with Crippen LogP contribution >= 0.6 is 0 Å². The molecular formula is C104H68B2N4O2. The van der Waals surface area contributed by atoms with Crippen LogP contribution in [0, 0.1) is 0 Å². The van der Waals surface area contributed by atoms with Crippen LogP contribution in [0.2, 0.25) is 0 Å².